The third kappa shape index (κ3) is 2.69. The van der Waals surface area contributed by atoms with Crippen LogP contribution in [0.25, 0.3) is 5.69 Å². The Morgan fingerprint density at radius 3 is 2.52 bits per heavy atom. The number of hydrogen-bond acceptors (Lipinski definition) is 3. The van der Waals surface area contributed by atoms with Crippen LogP contribution in [0.3, 0.4) is 0 Å². The molecule has 0 aliphatic carbocycles. The molecule has 0 aliphatic rings. The molecular weight excluding hydrogens is 292 g/mol. The number of aliphatic carboxylic acids is 1. The fraction of sp³-hybridized carbons (Fsp3) is 0.267. The zero-order valence-electron chi connectivity index (χ0n) is 11.9. The molecule has 2 rings (SSSR count). The van der Waals surface area contributed by atoms with Crippen molar-refractivity contribution in [1.82, 2.24) is 9.55 Å². The summed E-state index contributed by atoms with van der Waals surface area (Å²) >= 11 is 6.13. The Morgan fingerprint density at radius 2 is 1.95 bits per heavy atom. The van der Waals surface area contributed by atoms with Gasteiger partial charge in [-0.2, -0.15) is 4.98 Å². The largest absolute Gasteiger partial charge is 0.481 e. The zero-order valence-corrected chi connectivity index (χ0v) is 12.7. The van der Waals surface area contributed by atoms with E-state index in [4.69, 9.17) is 11.6 Å². The number of halogens is 1. The lowest BCUT2D eigenvalue weighted by molar-refractivity contribution is -0.138. The molecule has 0 saturated carbocycles. The van der Waals surface area contributed by atoms with Crippen molar-refractivity contribution in [2.45, 2.75) is 26.7 Å². The van der Waals surface area contributed by atoms with E-state index in [-0.39, 0.29) is 0 Å². The van der Waals surface area contributed by atoms with E-state index in [1.807, 2.05) is 0 Å². The molecule has 1 aromatic heterocycles. The van der Waals surface area contributed by atoms with Crippen molar-refractivity contribution in [2.75, 3.05) is 0 Å². The van der Waals surface area contributed by atoms with E-state index >= 15 is 0 Å². The van der Waals surface area contributed by atoms with Crippen molar-refractivity contribution >= 4 is 17.6 Å². The van der Waals surface area contributed by atoms with Crippen molar-refractivity contribution in [3.63, 3.8) is 0 Å². The van der Waals surface area contributed by atoms with Crippen LogP contribution in [0.4, 0.5) is 0 Å². The molecule has 6 heteroatoms. The number of aryl methyl sites for hydroxylation is 1. The fourth-order valence-corrected chi connectivity index (χ4v) is 2.67. The summed E-state index contributed by atoms with van der Waals surface area (Å²) in [6.45, 7) is 4.91. The van der Waals surface area contributed by atoms with Crippen LogP contribution >= 0.6 is 11.6 Å². The highest BCUT2D eigenvalue weighted by molar-refractivity contribution is 6.32. The number of para-hydroxylation sites is 1. The summed E-state index contributed by atoms with van der Waals surface area (Å²) in [6.07, 6.45) is 0. The average Bonchev–Trinajstić information content (AvgIpc) is 2.40. The highest BCUT2D eigenvalue weighted by Gasteiger charge is 2.23. The maximum absolute atomic E-state index is 12.2. The van der Waals surface area contributed by atoms with Crippen LogP contribution in [-0.2, 0) is 4.79 Å². The monoisotopic (exact) mass is 306 g/mol. The number of nitrogens with zero attached hydrogens (tertiary/aromatic N) is 2. The van der Waals surface area contributed by atoms with Gasteiger partial charge in [0.1, 0.15) is 0 Å². The summed E-state index contributed by atoms with van der Waals surface area (Å²) in [4.78, 5) is 27.4. The molecule has 110 valence electrons. The van der Waals surface area contributed by atoms with Gasteiger partial charge in [0.25, 0.3) is 0 Å². The minimum absolute atomic E-state index is 0.405. The Bertz CT molecular complexity index is 768. The fourth-order valence-electron chi connectivity index (χ4n) is 2.45. The van der Waals surface area contributed by atoms with E-state index in [1.165, 1.54) is 4.57 Å². The zero-order chi connectivity index (χ0) is 15.7. The maximum atomic E-state index is 12.2. The van der Waals surface area contributed by atoms with Crippen LogP contribution in [0.1, 0.15) is 29.8 Å². The van der Waals surface area contributed by atoms with E-state index in [9.17, 15) is 14.7 Å². The molecule has 0 amide bonds. The lowest BCUT2D eigenvalue weighted by Crippen LogP contribution is -2.28. The first-order valence-corrected chi connectivity index (χ1v) is 6.80. The highest BCUT2D eigenvalue weighted by atomic mass is 35.5. The van der Waals surface area contributed by atoms with Crippen molar-refractivity contribution in [2.24, 2.45) is 0 Å². The van der Waals surface area contributed by atoms with Gasteiger partial charge in [-0.1, -0.05) is 23.7 Å². The van der Waals surface area contributed by atoms with Crippen molar-refractivity contribution in [3.05, 3.63) is 56.7 Å². The van der Waals surface area contributed by atoms with Gasteiger partial charge in [-0.25, -0.2) is 4.79 Å². The summed E-state index contributed by atoms with van der Waals surface area (Å²) in [7, 11) is 0. The van der Waals surface area contributed by atoms with Crippen LogP contribution in [0.5, 0.6) is 0 Å². The van der Waals surface area contributed by atoms with Crippen molar-refractivity contribution in [3.8, 4) is 5.69 Å². The van der Waals surface area contributed by atoms with Gasteiger partial charge in [-0.15, -0.1) is 0 Å². The minimum Gasteiger partial charge on any atom is -0.481 e. The van der Waals surface area contributed by atoms with Crippen LogP contribution in [0.15, 0.2) is 29.1 Å². The second-order valence-corrected chi connectivity index (χ2v) is 5.23. The first kappa shape index (κ1) is 15.3. The predicted octanol–water partition coefficient (Wildman–Crippen LogP) is 2.69. The van der Waals surface area contributed by atoms with Crippen LogP contribution in [0, 0.1) is 13.8 Å². The van der Waals surface area contributed by atoms with E-state index in [0.717, 1.165) is 0 Å². The Kier molecular flexibility index (Phi) is 4.14. The smallest absolute Gasteiger partial charge is 0.352 e. The quantitative estimate of drug-likeness (QED) is 0.946. The number of carboxylic acid groups (broad SMARTS) is 1. The number of hydrogen-bond donors (Lipinski definition) is 1. The molecule has 0 radical (unpaired) electrons. The van der Waals surface area contributed by atoms with Crippen LogP contribution in [-0.4, -0.2) is 20.6 Å². The SMILES string of the molecule is Cc1nc(=O)n(-c2ccccc2Cl)c(C)c1C(C)C(=O)O. The Balaban J connectivity index is 2.80. The van der Waals surface area contributed by atoms with Crippen molar-refractivity contribution in [1.29, 1.82) is 0 Å². The molecule has 1 N–H and O–H groups in total. The Hall–Kier alpha value is -2.14. The Labute approximate surface area is 126 Å². The molecule has 21 heavy (non-hydrogen) atoms. The lowest BCUT2D eigenvalue weighted by atomic mass is 9.98. The normalized spacial score (nSPS) is 12.2. The van der Waals surface area contributed by atoms with Gasteiger partial charge < -0.3 is 5.11 Å². The molecule has 1 aromatic carbocycles. The summed E-state index contributed by atoms with van der Waals surface area (Å²) < 4.78 is 1.35. The molecule has 2 aromatic rings. The van der Waals surface area contributed by atoms with E-state index in [0.29, 0.717) is 27.7 Å². The molecule has 1 atom stereocenters. The van der Waals surface area contributed by atoms with Gasteiger partial charge in [0.2, 0.25) is 0 Å². The molecule has 5 nitrogen and oxygen atoms in total. The summed E-state index contributed by atoms with van der Waals surface area (Å²) in [5.41, 5.74) is 1.51. The number of carboxylic acids is 1. The van der Waals surface area contributed by atoms with Gasteiger partial charge in [0, 0.05) is 17.0 Å². The first-order chi connectivity index (χ1) is 9.84. The highest BCUT2D eigenvalue weighted by Crippen LogP contribution is 2.25. The second-order valence-electron chi connectivity index (χ2n) is 4.83. The lowest BCUT2D eigenvalue weighted by Gasteiger charge is -2.18. The molecule has 0 saturated heterocycles. The molecule has 0 aliphatic heterocycles. The Morgan fingerprint density at radius 1 is 1.33 bits per heavy atom. The standard InChI is InChI=1S/C15H15ClN2O3/c1-8(14(19)20)13-9(2)17-15(21)18(10(13)3)12-7-5-4-6-11(12)16/h4-8H,1-3H3,(H,19,20). The molecule has 0 spiro atoms. The number of rotatable bonds is 3. The van der Waals surface area contributed by atoms with Gasteiger partial charge in [0.05, 0.1) is 16.6 Å². The molecule has 1 heterocycles. The number of carbonyl (C=O) groups is 1. The summed E-state index contributed by atoms with van der Waals surface area (Å²) in [5.74, 6) is -1.72. The maximum Gasteiger partial charge on any atom is 0.352 e. The minimum atomic E-state index is -0.965. The van der Waals surface area contributed by atoms with Crippen LogP contribution < -0.4 is 5.69 Å². The topological polar surface area (TPSA) is 72.2 Å². The van der Waals surface area contributed by atoms with Crippen LogP contribution in [0.2, 0.25) is 5.02 Å². The van der Waals surface area contributed by atoms with Gasteiger partial charge in [-0.3, -0.25) is 9.36 Å². The molecular formula is C15H15ClN2O3. The summed E-state index contributed by atoms with van der Waals surface area (Å²) in [6, 6.07) is 6.88. The predicted molar refractivity (Wildman–Crippen MR) is 80.4 cm³/mol. The second kappa shape index (κ2) is 5.69. The number of aromatic nitrogens is 2. The van der Waals surface area contributed by atoms with Gasteiger partial charge in [-0.05, 0) is 32.9 Å². The molecule has 1 unspecified atom stereocenters. The third-order valence-corrected chi connectivity index (χ3v) is 3.79. The molecule has 0 bridgehead atoms. The van der Waals surface area contributed by atoms with E-state index < -0.39 is 17.6 Å². The first-order valence-electron chi connectivity index (χ1n) is 6.42. The summed E-state index contributed by atoms with van der Waals surface area (Å²) in [5, 5.41) is 9.63. The van der Waals surface area contributed by atoms with Gasteiger partial charge in [0.15, 0.2) is 0 Å². The third-order valence-electron chi connectivity index (χ3n) is 3.47. The number of benzene rings is 1. The van der Waals surface area contributed by atoms with Crippen molar-refractivity contribution < 1.29 is 9.90 Å². The average molecular weight is 307 g/mol. The molecule has 0 fully saturated rings. The van der Waals surface area contributed by atoms with E-state index in [2.05, 4.69) is 4.98 Å². The van der Waals surface area contributed by atoms with Gasteiger partial charge >= 0.3 is 11.7 Å². The van der Waals surface area contributed by atoms with E-state index in [1.54, 1.807) is 45.0 Å².